The number of likely N-dealkylation sites (N-methyl/N-ethyl adjacent to an activating group) is 1. The number of piperidine rings is 1. The van der Waals surface area contributed by atoms with Gasteiger partial charge in [0.25, 0.3) is 5.91 Å². The van der Waals surface area contributed by atoms with E-state index >= 15 is 0 Å². The zero-order valence-corrected chi connectivity index (χ0v) is 21.3. The number of aliphatic hydroxyl groups is 3. The number of phenolic OH excluding ortho intramolecular Hbond substituents is 1. The number of phenols is 1. The molecule has 5 atom stereocenters. The van der Waals surface area contributed by atoms with Crippen molar-refractivity contribution in [3.8, 4) is 5.75 Å². The van der Waals surface area contributed by atoms with Crippen molar-refractivity contribution in [2.75, 3.05) is 27.2 Å². The second-order valence-corrected chi connectivity index (χ2v) is 11.0. The Morgan fingerprint density at radius 1 is 1.24 bits per heavy atom. The number of halogens is 1. The molecule has 1 saturated heterocycles. The van der Waals surface area contributed by atoms with Crippen molar-refractivity contribution >= 4 is 23.2 Å². The van der Waals surface area contributed by atoms with Gasteiger partial charge in [0.1, 0.15) is 29.0 Å². The van der Waals surface area contributed by atoms with Gasteiger partial charge in [0.2, 0.25) is 5.78 Å². The smallest absolute Gasteiger partial charge is 0.255 e. The van der Waals surface area contributed by atoms with Crippen LogP contribution in [0.5, 0.6) is 5.75 Å². The summed E-state index contributed by atoms with van der Waals surface area (Å²) in [5.41, 5.74) is 3.07. The number of benzene rings is 1. The van der Waals surface area contributed by atoms with Gasteiger partial charge in [-0.2, -0.15) is 0 Å². The van der Waals surface area contributed by atoms with E-state index in [9.17, 15) is 39.2 Å². The number of alkyl halides is 1. The number of amides is 1. The van der Waals surface area contributed by atoms with Gasteiger partial charge >= 0.3 is 0 Å². The van der Waals surface area contributed by atoms with Crippen LogP contribution in [-0.2, 0) is 27.3 Å². The van der Waals surface area contributed by atoms with Crippen molar-refractivity contribution in [3.05, 3.63) is 45.7 Å². The predicted octanol–water partition coefficient (Wildman–Crippen LogP) is 0.898. The summed E-state index contributed by atoms with van der Waals surface area (Å²) in [6.45, 7) is 1.38. The minimum Gasteiger partial charge on any atom is -0.508 e. The normalized spacial score (nSPS) is 31.8. The maximum Gasteiger partial charge on any atom is 0.255 e. The van der Waals surface area contributed by atoms with Crippen LogP contribution >= 0.6 is 0 Å². The van der Waals surface area contributed by atoms with Crippen molar-refractivity contribution < 1.29 is 39.2 Å². The molecule has 1 unspecified atom stereocenters. The molecule has 1 saturated carbocycles. The lowest BCUT2D eigenvalue weighted by Crippen LogP contribution is -2.65. The molecule has 38 heavy (non-hydrogen) atoms. The third-order valence-electron chi connectivity index (χ3n) is 8.54. The van der Waals surface area contributed by atoms with Crippen LogP contribution in [-0.4, -0.2) is 92.7 Å². The average Bonchev–Trinajstić information content (AvgIpc) is 2.83. The molecule has 1 heterocycles. The first-order valence-electron chi connectivity index (χ1n) is 12.7. The Bertz CT molecular complexity index is 1310. The van der Waals surface area contributed by atoms with Crippen molar-refractivity contribution in [1.82, 2.24) is 9.80 Å². The molecule has 1 aromatic carbocycles. The van der Waals surface area contributed by atoms with E-state index in [1.54, 1.807) is 20.2 Å². The molecule has 0 aromatic heterocycles. The van der Waals surface area contributed by atoms with E-state index in [0.29, 0.717) is 25.1 Å². The second kappa shape index (κ2) is 9.18. The SMILES string of the molecule is CN(C)[C@@H]1C(=O)C(C(N)=O)=C(O)[C@@]2(O)C(=O)C3=C(O)c4c(O)ccc(CN5CCCC(F)C5)c4C[C@H]3C[C@@H]12. The Morgan fingerprint density at radius 3 is 2.58 bits per heavy atom. The van der Waals surface area contributed by atoms with Gasteiger partial charge < -0.3 is 26.2 Å². The van der Waals surface area contributed by atoms with Gasteiger partial charge in [0.15, 0.2) is 11.4 Å². The molecule has 0 spiro atoms. The molecular weight excluding hydrogens is 497 g/mol. The van der Waals surface area contributed by atoms with Gasteiger partial charge in [-0.15, -0.1) is 0 Å². The molecule has 0 radical (unpaired) electrons. The summed E-state index contributed by atoms with van der Waals surface area (Å²) in [5.74, 6) is -6.79. The van der Waals surface area contributed by atoms with Gasteiger partial charge in [-0.05, 0) is 69.4 Å². The largest absolute Gasteiger partial charge is 0.508 e. The van der Waals surface area contributed by atoms with Crippen molar-refractivity contribution in [2.24, 2.45) is 17.6 Å². The maximum atomic E-state index is 14.0. The summed E-state index contributed by atoms with van der Waals surface area (Å²) in [6.07, 6.45) is 0.541. The molecule has 1 amide bonds. The van der Waals surface area contributed by atoms with Gasteiger partial charge in [-0.1, -0.05) is 6.07 Å². The van der Waals surface area contributed by atoms with E-state index in [1.165, 1.54) is 11.0 Å². The highest BCUT2D eigenvalue weighted by Crippen LogP contribution is 2.53. The predicted molar refractivity (Wildman–Crippen MR) is 134 cm³/mol. The van der Waals surface area contributed by atoms with Crippen LogP contribution < -0.4 is 5.73 Å². The number of carbonyl (C=O) groups excluding carboxylic acids is 3. The number of hydrogen-bond donors (Lipinski definition) is 5. The summed E-state index contributed by atoms with van der Waals surface area (Å²) < 4.78 is 14.0. The van der Waals surface area contributed by atoms with Crippen LogP contribution in [0, 0.1) is 11.8 Å². The first-order valence-corrected chi connectivity index (χ1v) is 12.7. The fraction of sp³-hybridized carbons (Fsp3) is 0.519. The summed E-state index contributed by atoms with van der Waals surface area (Å²) in [6, 6.07) is 1.98. The van der Waals surface area contributed by atoms with E-state index in [-0.39, 0.29) is 36.3 Å². The standard InChI is InChI=1S/C27H32FN3O7/c1-30(2)21-16-9-13-8-15-12(10-31-7-3-4-14(28)11-31)5-6-17(32)19(15)22(33)18(13)24(35)27(16,38)25(36)20(23(21)34)26(29)37/h5-6,13-14,16,21,32-33,36,38H,3-4,7-11H2,1-2H3,(H2,29,37)/t13-,14?,16-,21-,27-/m0/s1. The lowest BCUT2D eigenvalue weighted by molar-refractivity contribution is -0.153. The number of nitrogens with zero attached hydrogens (tertiary/aromatic N) is 2. The monoisotopic (exact) mass is 529 g/mol. The summed E-state index contributed by atoms with van der Waals surface area (Å²) in [4.78, 5) is 42.5. The number of likely N-dealkylation sites (tertiary alicyclic amines) is 1. The number of hydrogen-bond acceptors (Lipinski definition) is 9. The van der Waals surface area contributed by atoms with Crippen LogP contribution in [0.2, 0.25) is 0 Å². The second-order valence-electron chi connectivity index (χ2n) is 11.0. The van der Waals surface area contributed by atoms with E-state index in [2.05, 4.69) is 0 Å². The van der Waals surface area contributed by atoms with Crippen molar-refractivity contribution in [3.63, 3.8) is 0 Å². The fourth-order valence-electron chi connectivity index (χ4n) is 6.84. The van der Waals surface area contributed by atoms with Crippen LogP contribution in [0.1, 0.15) is 36.0 Å². The van der Waals surface area contributed by atoms with Crippen molar-refractivity contribution in [2.45, 2.75) is 50.0 Å². The minimum atomic E-state index is -2.66. The highest BCUT2D eigenvalue weighted by molar-refractivity contribution is 6.24. The zero-order chi connectivity index (χ0) is 27.7. The lowest BCUT2D eigenvalue weighted by Gasteiger charge is -2.50. The molecular formula is C27H32FN3O7. The number of primary amides is 1. The number of aromatic hydroxyl groups is 1. The maximum absolute atomic E-state index is 14.0. The van der Waals surface area contributed by atoms with Gasteiger partial charge in [0.05, 0.1) is 11.6 Å². The Hall–Kier alpha value is -3.28. The number of ketones is 2. The first kappa shape index (κ1) is 26.3. The van der Waals surface area contributed by atoms with Crippen molar-refractivity contribution in [1.29, 1.82) is 0 Å². The molecule has 0 bridgehead atoms. The van der Waals surface area contributed by atoms with E-state index < -0.39 is 64.2 Å². The fourth-order valence-corrected chi connectivity index (χ4v) is 6.84. The number of carbonyl (C=O) groups is 3. The van der Waals surface area contributed by atoms with E-state index in [4.69, 9.17) is 5.73 Å². The molecule has 11 heteroatoms. The quantitative estimate of drug-likeness (QED) is 0.356. The number of Topliss-reactive ketones (excluding diaryl/α,β-unsaturated/α-hetero) is 2. The molecule has 1 aliphatic heterocycles. The van der Waals surface area contributed by atoms with Crippen LogP contribution in [0.15, 0.2) is 29.0 Å². The Balaban J connectivity index is 1.63. The van der Waals surface area contributed by atoms with Gasteiger partial charge in [0, 0.05) is 24.6 Å². The number of nitrogens with two attached hydrogens (primary N) is 1. The number of fused-ring (bicyclic) bond motifs is 3. The molecule has 3 aliphatic carbocycles. The molecule has 4 aliphatic rings. The third kappa shape index (κ3) is 3.75. The van der Waals surface area contributed by atoms with Crippen LogP contribution in [0.3, 0.4) is 0 Å². The summed E-state index contributed by atoms with van der Waals surface area (Å²) in [5, 5.41) is 44.5. The van der Waals surface area contributed by atoms with Crippen LogP contribution in [0.25, 0.3) is 5.76 Å². The number of aliphatic hydroxyl groups excluding tert-OH is 2. The lowest BCUT2D eigenvalue weighted by atomic mass is 9.57. The Morgan fingerprint density at radius 2 is 1.95 bits per heavy atom. The minimum absolute atomic E-state index is 0.0249. The van der Waals surface area contributed by atoms with E-state index in [0.717, 1.165) is 12.0 Å². The summed E-state index contributed by atoms with van der Waals surface area (Å²) in [7, 11) is 3.11. The molecule has 204 valence electrons. The highest BCUT2D eigenvalue weighted by atomic mass is 19.1. The number of rotatable bonds is 4. The zero-order valence-electron chi connectivity index (χ0n) is 21.3. The van der Waals surface area contributed by atoms with Gasteiger partial charge in [-0.3, -0.25) is 24.2 Å². The van der Waals surface area contributed by atoms with E-state index in [1.807, 2.05) is 4.90 Å². The molecule has 1 aromatic rings. The first-order chi connectivity index (χ1) is 17.9. The Labute approximate surface area is 218 Å². The third-order valence-corrected chi connectivity index (χ3v) is 8.54. The average molecular weight is 530 g/mol. The topological polar surface area (TPSA) is 165 Å². The Kier molecular flexibility index (Phi) is 6.36. The molecule has 2 fully saturated rings. The van der Waals surface area contributed by atoms with Gasteiger partial charge in [-0.25, -0.2) is 4.39 Å². The van der Waals surface area contributed by atoms with Crippen LogP contribution in [0.4, 0.5) is 4.39 Å². The summed E-state index contributed by atoms with van der Waals surface area (Å²) >= 11 is 0. The molecule has 5 rings (SSSR count). The molecule has 10 nitrogen and oxygen atoms in total. The highest BCUT2D eigenvalue weighted by Gasteiger charge is 2.64. The molecule has 6 N–H and O–H groups in total.